The van der Waals surface area contributed by atoms with Gasteiger partial charge in [0.15, 0.2) is 0 Å². The predicted molar refractivity (Wildman–Crippen MR) is 84.2 cm³/mol. The predicted octanol–water partition coefficient (Wildman–Crippen LogP) is 2.86. The molecule has 4 nitrogen and oxygen atoms in total. The largest absolute Gasteiger partial charge is 0.398 e. The monoisotopic (exact) mass is 296 g/mol. The van der Waals surface area contributed by atoms with Crippen molar-refractivity contribution in [2.75, 3.05) is 12.3 Å². The molecule has 0 amide bonds. The van der Waals surface area contributed by atoms with Crippen molar-refractivity contribution in [3.63, 3.8) is 0 Å². The van der Waals surface area contributed by atoms with Gasteiger partial charge in [0.25, 0.3) is 0 Å². The Hall–Kier alpha value is -1.33. The number of nitrogens with zero attached hydrogens (tertiary/aromatic N) is 1. The molecule has 20 heavy (non-hydrogen) atoms. The number of anilines is 1. The molecule has 0 atom stereocenters. The molecule has 1 rings (SSSR count). The molecule has 1 aromatic rings. The topological polar surface area (TPSA) is 63.4 Å². The van der Waals surface area contributed by atoms with Crippen LogP contribution >= 0.6 is 0 Å². The lowest BCUT2D eigenvalue weighted by atomic mass is 10.1. The van der Waals surface area contributed by atoms with Crippen LogP contribution in [-0.4, -0.2) is 24.8 Å². The van der Waals surface area contributed by atoms with Gasteiger partial charge >= 0.3 is 0 Å². The van der Waals surface area contributed by atoms with Gasteiger partial charge in [-0.25, -0.2) is 8.42 Å². The van der Waals surface area contributed by atoms with E-state index < -0.39 is 15.6 Å². The molecule has 0 fully saturated rings. The van der Waals surface area contributed by atoms with Gasteiger partial charge in [-0.05, 0) is 57.9 Å². The Labute approximate surface area is 122 Å². The van der Waals surface area contributed by atoms with Crippen molar-refractivity contribution in [2.45, 2.75) is 45.1 Å². The van der Waals surface area contributed by atoms with E-state index >= 15 is 0 Å². The first-order chi connectivity index (χ1) is 9.01. The minimum Gasteiger partial charge on any atom is -0.398 e. The number of benzene rings is 1. The summed E-state index contributed by atoms with van der Waals surface area (Å²) in [4.78, 5) is 0.231. The molecule has 0 aliphatic carbocycles. The van der Waals surface area contributed by atoms with Crippen LogP contribution in [0.5, 0.6) is 0 Å². The number of nitrogen functional groups attached to an aromatic ring is 1. The van der Waals surface area contributed by atoms with E-state index in [1.807, 2.05) is 34.6 Å². The molecule has 0 bridgehead atoms. The van der Waals surface area contributed by atoms with Gasteiger partial charge in [0.1, 0.15) is 0 Å². The van der Waals surface area contributed by atoms with Crippen LogP contribution in [0.2, 0.25) is 0 Å². The standard InChI is InChI=1S/C15H24N2O2S/c1-7-8-17(15(4,5)6)20(18,19)13-9-11(2)12(3)14(16)10-13/h7,9-10H,1,8,16H2,2-6H3. The Balaban J connectivity index is 3.45. The maximum atomic E-state index is 12.8. The fraction of sp³-hybridized carbons (Fsp3) is 0.467. The normalized spacial score (nSPS) is 12.7. The highest BCUT2D eigenvalue weighted by Crippen LogP contribution is 2.28. The Morgan fingerprint density at radius 1 is 1.30 bits per heavy atom. The smallest absolute Gasteiger partial charge is 0.243 e. The first kappa shape index (κ1) is 16.7. The summed E-state index contributed by atoms with van der Waals surface area (Å²) in [5, 5.41) is 0. The summed E-state index contributed by atoms with van der Waals surface area (Å²) in [6, 6.07) is 3.20. The van der Waals surface area contributed by atoms with Gasteiger partial charge in [-0.15, -0.1) is 6.58 Å². The molecule has 0 saturated carbocycles. The third-order valence-corrected chi connectivity index (χ3v) is 5.42. The van der Waals surface area contributed by atoms with Gasteiger partial charge in [0.05, 0.1) is 4.90 Å². The van der Waals surface area contributed by atoms with Crippen molar-refractivity contribution in [2.24, 2.45) is 0 Å². The second-order valence-corrected chi connectivity index (χ2v) is 7.81. The van der Waals surface area contributed by atoms with E-state index in [-0.39, 0.29) is 11.4 Å². The summed E-state index contributed by atoms with van der Waals surface area (Å²) in [7, 11) is -3.60. The lowest BCUT2D eigenvalue weighted by Crippen LogP contribution is -2.45. The van der Waals surface area contributed by atoms with Crippen molar-refractivity contribution in [3.05, 3.63) is 35.9 Å². The second kappa shape index (κ2) is 5.58. The summed E-state index contributed by atoms with van der Waals surface area (Å²) in [6.45, 7) is 13.2. The van der Waals surface area contributed by atoms with Gasteiger partial charge in [-0.2, -0.15) is 4.31 Å². The Kier molecular flexibility index (Phi) is 4.66. The number of rotatable bonds is 4. The molecule has 0 aliphatic rings. The van der Waals surface area contributed by atoms with Crippen LogP contribution in [0.15, 0.2) is 29.7 Å². The zero-order chi connectivity index (χ0) is 15.7. The first-order valence-electron chi connectivity index (χ1n) is 6.52. The summed E-state index contributed by atoms with van der Waals surface area (Å²) in [5.41, 5.74) is 7.65. The first-order valence-corrected chi connectivity index (χ1v) is 7.96. The highest BCUT2D eigenvalue weighted by molar-refractivity contribution is 7.89. The summed E-state index contributed by atoms with van der Waals surface area (Å²) >= 11 is 0. The van der Waals surface area contributed by atoms with Crippen molar-refractivity contribution in [3.8, 4) is 0 Å². The Bertz CT molecular complexity index is 590. The molecule has 0 spiro atoms. The third kappa shape index (κ3) is 3.22. The van der Waals surface area contributed by atoms with Gasteiger partial charge in [-0.1, -0.05) is 6.08 Å². The van der Waals surface area contributed by atoms with Gasteiger partial charge in [-0.3, -0.25) is 0 Å². The van der Waals surface area contributed by atoms with E-state index in [2.05, 4.69) is 6.58 Å². The highest BCUT2D eigenvalue weighted by Gasteiger charge is 2.33. The molecule has 0 heterocycles. The summed E-state index contributed by atoms with van der Waals surface area (Å²) < 4.78 is 27.0. The number of hydrogen-bond acceptors (Lipinski definition) is 3. The molecule has 2 N–H and O–H groups in total. The van der Waals surface area contributed by atoms with E-state index in [1.165, 1.54) is 10.4 Å². The van der Waals surface area contributed by atoms with Crippen molar-refractivity contribution < 1.29 is 8.42 Å². The Morgan fingerprint density at radius 2 is 1.85 bits per heavy atom. The fourth-order valence-electron chi connectivity index (χ4n) is 1.98. The fourth-order valence-corrected chi connectivity index (χ4v) is 3.86. The molecule has 0 unspecified atom stereocenters. The average Bonchev–Trinajstić information content (AvgIpc) is 2.30. The zero-order valence-corrected chi connectivity index (χ0v) is 13.7. The highest BCUT2D eigenvalue weighted by atomic mass is 32.2. The van der Waals surface area contributed by atoms with Crippen LogP contribution in [0.3, 0.4) is 0 Å². The minimum absolute atomic E-state index is 0.231. The number of hydrogen-bond donors (Lipinski definition) is 1. The maximum Gasteiger partial charge on any atom is 0.243 e. The van der Waals surface area contributed by atoms with Crippen LogP contribution in [-0.2, 0) is 10.0 Å². The van der Waals surface area contributed by atoms with Gasteiger partial charge in [0.2, 0.25) is 10.0 Å². The number of nitrogens with two attached hydrogens (primary N) is 1. The van der Waals surface area contributed by atoms with Crippen LogP contribution in [0.25, 0.3) is 0 Å². The molecule has 5 heteroatoms. The maximum absolute atomic E-state index is 12.8. The van der Waals surface area contributed by atoms with Crippen LogP contribution < -0.4 is 5.73 Å². The minimum atomic E-state index is -3.60. The SMILES string of the molecule is C=CCN(C(C)(C)C)S(=O)(=O)c1cc(C)c(C)c(N)c1. The molecular formula is C15H24N2O2S. The third-order valence-electron chi connectivity index (χ3n) is 3.31. The molecule has 0 saturated heterocycles. The van der Waals surface area contributed by atoms with Crippen LogP contribution in [0.4, 0.5) is 5.69 Å². The van der Waals surface area contributed by atoms with Crippen molar-refractivity contribution >= 4 is 15.7 Å². The van der Waals surface area contributed by atoms with E-state index in [9.17, 15) is 8.42 Å². The van der Waals surface area contributed by atoms with Gasteiger partial charge in [0, 0.05) is 17.8 Å². The van der Waals surface area contributed by atoms with Crippen LogP contribution in [0.1, 0.15) is 31.9 Å². The molecule has 1 aromatic carbocycles. The van der Waals surface area contributed by atoms with E-state index in [0.29, 0.717) is 5.69 Å². The summed E-state index contributed by atoms with van der Waals surface area (Å²) in [5.74, 6) is 0. The summed E-state index contributed by atoms with van der Waals surface area (Å²) in [6.07, 6.45) is 1.59. The van der Waals surface area contributed by atoms with Gasteiger partial charge < -0.3 is 5.73 Å². The van der Waals surface area contributed by atoms with E-state index in [4.69, 9.17) is 5.73 Å². The molecule has 0 aromatic heterocycles. The van der Waals surface area contributed by atoms with Crippen molar-refractivity contribution in [1.29, 1.82) is 0 Å². The lowest BCUT2D eigenvalue weighted by Gasteiger charge is -2.33. The average molecular weight is 296 g/mol. The molecule has 0 radical (unpaired) electrons. The molecule has 112 valence electrons. The van der Waals surface area contributed by atoms with Crippen LogP contribution in [0, 0.1) is 13.8 Å². The second-order valence-electron chi connectivity index (χ2n) is 5.95. The zero-order valence-electron chi connectivity index (χ0n) is 12.9. The number of aryl methyl sites for hydroxylation is 1. The van der Waals surface area contributed by atoms with E-state index in [1.54, 1.807) is 12.1 Å². The molecule has 0 aliphatic heterocycles. The quantitative estimate of drug-likeness (QED) is 0.686. The van der Waals surface area contributed by atoms with Crippen molar-refractivity contribution in [1.82, 2.24) is 4.31 Å². The lowest BCUT2D eigenvalue weighted by molar-refractivity contribution is 0.270. The van der Waals surface area contributed by atoms with E-state index in [0.717, 1.165) is 11.1 Å². The molecular weight excluding hydrogens is 272 g/mol. The number of sulfonamides is 1. The Morgan fingerprint density at radius 3 is 2.25 bits per heavy atom.